The summed E-state index contributed by atoms with van der Waals surface area (Å²) in [5, 5.41) is 8.30. The Balaban J connectivity index is 2.05. The van der Waals surface area contributed by atoms with Gasteiger partial charge in [0.1, 0.15) is 0 Å². The summed E-state index contributed by atoms with van der Waals surface area (Å²) in [6.45, 7) is 8.21. The third-order valence-corrected chi connectivity index (χ3v) is 6.11. The van der Waals surface area contributed by atoms with Gasteiger partial charge in [-0.25, -0.2) is 18.5 Å². The molecule has 9 heteroatoms. The molecule has 0 aliphatic rings. The zero-order valence-corrected chi connectivity index (χ0v) is 17.6. The number of amides is 1. The predicted octanol–water partition coefficient (Wildman–Crippen LogP) is 3.07. The minimum absolute atomic E-state index is 0.00524. The van der Waals surface area contributed by atoms with Crippen molar-refractivity contribution in [1.82, 2.24) is 9.97 Å². The van der Waals surface area contributed by atoms with Crippen molar-refractivity contribution in [3.63, 3.8) is 0 Å². The SMILES string of the molecule is CCC(Sc1nc(CC(C)C)c(C)[nH]1)C(=O)Nc1ccc(S(N)(=O)=O)cc1. The van der Waals surface area contributed by atoms with Crippen LogP contribution in [0, 0.1) is 12.8 Å². The molecule has 0 aliphatic heterocycles. The monoisotopic (exact) mass is 410 g/mol. The average Bonchev–Trinajstić information content (AvgIpc) is 2.91. The summed E-state index contributed by atoms with van der Waals surface area (Å²) in [6, 6.07) is 5.78. The molecule has 0 fully saturated rings. The fraction of sp³-hybridized carbons (Fsp3) is 0.444. The van der Waals surface area contributed by atoms with E-state index in [-0.39, 0.29) is 16.1 Å². The Kier molecular flexibility index (Phi) is 7.07. The quantitative estimate of drug-likeness (QED) is 0.578. The van der Waals surface area contributed by atoms with Crippen molar-refractivity contribution in [2.45, 2.75) is 55.8 Å². The number of rotatable bonds is 8. The normalized spacial score (nSPS) is 13.0. The highest BCUT2D eigenvalue weighted by molar-refractivity contribution is 8.00. The predicted molar refractivity (Wildman–Crippen MR) is 108 cm³/mol. The number of nitrogens with one attached hydrogen (secondary N) is 2. The van der Waals surface area contributed by atoms with Gasteiger partial charge in [-0.1, -0.05) is 32.5 Å². The Bertz CT molecular complexity index is 890. The average molecular weight is 411 g/mol. The van der Waals surface area contributed by atoms with Crippen LogP contribution in [0.2, 0.25) is 0 Å². The largest absolute Gasteiger partial charge is 0.337 e. The van der Waals surface area contributed by atoms with Gasteiger partial charge in [-0.2, -0.15) is 0 Å². The van der Waals surface area contributed by atoms with Crippen LogP contribution >= 0.6 is 11.8 Å². The number of carbonyl (C=O) groups excluding carboxylic acids is 1. The number of thioether (sulfide) groups is 1. The van der Waals surface area contributed by atoms with Crippen LogP contribution in [0.1, 0.15) is 38.6 Å². The second-order valence-corrected chi connectivity index (χ2v) is 9.54. The molecule has 1 heterocycles. The number of aromatic nitrogens is 2. The molecule has 2 rings (SSSR count). The molecule has 27 heavy (non-hydrogen) atoms. The molecule has 4 N–H and O–H groups in total. The van der Waals surface area contributed by atoms with Crippen molar-refractivity contribution >= 4 is 33.4 Å². The number of aromatic amines is 1. The minimum Gasteiger partial charge on any atom is -0.337 e. The van der Waals surface area contributed by atoms with Crippen LogP contribution in [-0.4, -0.2) is 29.5 Å². The first-order valence-corrected chi connectivity index (χ1v) is 11.2. The number of imidazole rings is 1. The number of sulfonamides is 1. The van der Waals surface area contributed by atoms with Crippen LogP contribution in [-0.2, 0) is 21.2 Å². The number of benzene rings is 1. The number of anilines is 1. The summed E-state index contributed by atoms with van der Waals surface area (Å²) in [7, 11) is -3.75. The lowest BCUT2D eigenvalue weighted by atomic mass is 10.1. The summed E-state index contributed by atoms with van der Waals surface area (Å²) in [6.07, 6.45) is 1.52. The van der Waals surface area contributed by atoms with Crippen LogP contribution in [0.15, 0.2) is 34.3 Å². The third kappa shape index (κ3) is 6.08. The lowest BCUT2D eigenvalue weighted by Gasteiger charge is -2.13. The number of hydrogen-bond donors (Lipinski definition) is 3. The molecular weight excluding hydrogens is 384 g/mol. The summed E-state index contributed by atoms with van der Waals surface area (Å²) in [5.74, 6) is 0.348. The topological polar surface area (TPSA) is 118 Å². The molecule has 1 unspecified atom stereocenters. The zero-order chi connectivity index (χ0) is 20.2. The molecule has 7 nitrogen and oxygen atoms in total. The Morgan fingerprint density at radius 3 is 2.44 bits per heavy atom. The summed E-state index contributed by atoms with van der Waals surface area (Å²) in [5.41, 5.74) is 2.57. The first kappa shape index (κ1) is 21.5. The number of primary sulfonamides is 1. The smallest absolute Gasteiger partial charge is 0.238 e. The van der Waals surface area contributed by atoms with Crippen LogP contribution in [0.4, 0.5) is 5.69 Å². The molecule has 0 saturated heterocycles. The second-order valence-electron chi connectivity index (χ2n) is 6.78. The molecule has 0 saturated carbocycles. The lowest BCUT2D eigenvalue weighted by Crippen LogP contribution is -2.24. The molecule has 1 amide bonds. The van der Waals surface area contributed by atoms with Gasteiger partial charge in [-0.05, 0) is 49.9 Å². The minimum atomic E-state index is -3.75. The van der Waals surface area contributed by atoms with E-state index in [1.54, 1.807) is 0 Å². The summed E-state index contributed by atoms with van der Waals surface area (Å²) < 4.78 is 22.6. The van der Waals surface area contributed by atoms with Gasteiger partial charge in [0.25, 0.3) is 0 Å². The van der Waals surface area contributed by atoms with Crippen LogP contribution in [0.25, 0.3) is 0 Å². The molecule has 1 atom stereocenters. The van der Waals surface area contributed by atoms with Crippen molar-refractivity contribution in [2.75, 3.05) is 5.32 Å². The van der Waals surface area contributed by atoms with Gasteiger partial charge in [0.2, 0.25) is 15.9 Å². The van der Waals surface area contributed by atoms with E-state index < -0.39 is 10.0 Å². The number of carbonyl (C=O) groups is 1. The fourth-order valence-corrected chi connectivity index (χ4v) is 4.01. The molecule has 1 aromatic heterocycles. The van der Waals surface area contributed by atoms with E-state index in [0.29, 0.717) is 18.0 Å². The van der Waals surface area contributed by atoms with E-state index in [1.807, 2.05) is 13.8 Å². The van der Waals surface area contributed by atoms with Gasteiger partial charge < -0.3 is 10.3 Å². The van der Waals surface area contributed by atoms with E-state index >= 15 is 0 Å². The molecule has 0 radical (unpaired) electrons. The first-order chi connectivity index (χ1) is 12.6. The van der Waals surface area contributed by atoms with E-state index in [4.69, 9.17) is 5.14 Å². The van der Waals surface area contributed by atoms with E-state index in [1.165, 1.54) is 36.0 Å². The number of nitrogens with zero attached hydrogens (tertiary/aromatic N) is 1. The Morgan fingerprint density at radius 2 is 1.93 bits per heavy atom. The maximum atomic E-state index is 12.6. The van der Waals surface area contributed by atoms with Crippen molar-refractivity contribution in [3.05, 3.63) is 35.7 Å². The summed E-state index contributed by atoms with van der Waals surface area (Å²) in [4.78, 5) is 20.4. The van der Waals surface area contributed by atoms with E-state index in [9.17, 15) is 13.2 Å². The molecule has 0 spiro atoms. The van der Waals surface area contributed by atoms with Crippen molar-refractivity contribution in [2.24, 2.45) is 11.1 Å². The second kappa shape index (κ2) is 8.90. The first-order valence-electron chi connectivity index (χ1n) is 8.76. The molecular formula is C18H26N4O3S2. The zero-order valence-electron chi connectivity index (χ0n) is 15.9. The third-order valence-electron chi connectivity index (χ3n) is 3.93. The highest BCUT2D eigenvalue weighted by atomic mass is 32.2. The Hall–Kier alpha value is -1.84. The maximum Gasteiger partial charge on any atom is 0.238 e. The standard InChI is InChI=1S/C18H26N4O3S2/c1-5-16(26-18-20-12(4)15(22-18)10-11(2)3)17(23)21-13-6-8-14(9-7-13)27(19,24)25/h6-9,11,16H,5,10H2,1-4H3,(H,20,22)(H,21,23)(H2,19,24,25). The number of aryl methyl sites for hydroxylation is 1. The van der Waals surface area contributed by atoms with Gasteiger partial charge in [-0.15, -0.1) is 0 Å². The number of H-pyrrole nitrogens is 1. The lowest BCUT2D eigenvalue weighted by molar-refractivity contribution is -0.115. The van der Waals surface area contributed by atoms with Crippen LogP contribution < -0.4 is 10.5 Å². The van der Waals surface area contributed by atoms with Crippen LogP contribution in [0.3, 0.4) is 0 Å². The highest BCUT2D eigenvalue weighted by Gasteiger charge is 2.21. The van der Waals surface area contributed by atoms with E-state index in [0.717, 1.165) is 23.0 Å². The Morgan fingerprint density at radius 1 is 1.30 bits per heavy atom. The van der Waals surface area contributed by atoms with Crippen molar-refractivity contribution < 1.29 is 13.2 Å². The van der Waals surface area contributed by atoms with Crippen LogP contribution in [0.5, 0.6) is 0 Å². The Labute approximate surface area is 164 Å². The fourth-order valence-electron chi connectivity index (χ4n) is 2.52. The van der Waals surface area contributed by atoms with Gasteiger partial charge in [0.05, 0.1) is 15.8 Å². The molecule has 148 valence electrons. The number of nitrogens with two attached hydrogens (primary N) is 1. The number of hydrogen-bond acceptors (Lipinski definition) is 5. The maximum absolute atomic E-state index is 12.6. The molecule has 0 bridgehead atoms. The van der Waals surface area contributed by atoms with E-state index in [2.05, 4.69) is 29.1 Å². The molecule has 2 aromatic rings. The molecule has 1 aromatic carbocycles. The van der Waals surface area contributed by atoms with Gasteiger partial charge in [0.15, 0.2) is 5.16 Å². The van der Waals surface area contributed by atoms with Gasteiger partial charge >= 0.3 is 0 Å². The van der Waals surface area contributed by atoms with Crippen molar-refractivity contribution in [1.29, 1.82) is 0 Å². The molecule has 0 aliphatic carbocycles. The van der Waals surface area contributed by atoms with Gasteiger partial charge in [0, 0.05) is 11.4 Å². The highest BCUT2D eigenvalue weighted by Crippen LogP contribution is 2.26. The summed E-state index contributed by atoms with van der Waals surface area (Å²) >= 11 is 1.39. The van der Waals surface area contributed by atoms with Gasteiger partial charge in [-0.3, -0.25) is 4.79 Å². The van der Waals surface area contributed by atoms with Crippen molar-refractivity contribution in [3.8, 4) is 0 Å².